The number of nitrogens with zero attached hydrogens (tertiary/aromatic N) is 4. The molecule has 0 bridgehead atoms. The quantitative estimate of drug-likeness (QED) is 0.544. The Bertz CT molecular complexity index is 1180. The van der Waals surface area contributed by atoms with Gasteiger partial charge in [0.1, 0.15) is 0 Å². The summed E-state index contributed by atoms with van der Waals surface area (Å²) in [7, 11) is 0. The van der Waals surface area contributed by atoms with Crippen molar-refractivity contribution in [1.82, 2.24) is 19.5 Å². The number of benzene rings is 2. The molecular weight excluding hydrogens is 380 g/mol. The van der Waals surface area contributed by atoms with Crippen molar-refractivity contribution in [2.24, 2.45) is 0 Å². The van der Waals surface area contributed by atoms with Gasteiger partial charge in [-0.25, -0.2) is 4.98 Å². The second-order valence-electron chi connectivity index (χ2n) is 7.67. The van der Waals surface area contributed by atoms with Crippen LogP contribution in [0, 0.1) is 6.92 Å². The number of thiazole rings is 1. The summed E-state index contributed by atoms with van der Waals surface area (Å²) in [5.74, 6) is 0.972. The fourth-order valence-electron chi connectivity index (χ4n) is 4.22. The molecule has 0 saturated heterocycles. The minimum Gasteiger partial charge on any atom is -0.492 e. The van der Waals surface area contributed by atoms with Gasteiger partial charge in [-0.3, -0.25) is 4.90 Å². The number of hydrogen-bond acceptors (Lipinski definition) is 5. The van der Waals surface area contributed by atoms with Gasteiger partial charge in [-0.2, -0.15) is 4.52 Å². The second-order valence-corrected chi connectivity index (χ2v) is 8.68. The first-order valence-corrected chi connectivity index (χ1v) is 10.9. The van der Waals surface area contributed by atoms with Crippen molar-refractivity contribution in [1.29, 1.82) is 0 Å². The van der Waals surface area contributed by atoms with E-state index < -0.39 is 0 Å². The summed E-state index contributed by atoms with van der Waals surface area (Å²) in [5.41, 5.74) is 5.20. The van der Waals surface area contributed by atoms with Crippen molar-refractivity contribution < 1.29 is 5.11 Å². The van der Waals surface area contributed by atoms with Crippen LogP contribution >= 0.6 is 11.3 Å². The van der Waals surface area contributed by atoms with Crippen LogP contribution in [0.4, 0.5) is 0 Å². The van der Waals surface area contributed by atoms with Gasteiger partial charge in [0, 0.05) is 19.5 Å². The Balaban J connectivity index is 1.62. The standard InChI is InChI=1S/C23H24N4OS/c1-3-19-24-23-27(25-19)22(28)21(29-23)20(17-10-6-7-15(2)13-17)26-12-11-16-8-4-5-9-18(16)14-26/h4-10,13,20,28H,3,11-12,14H2,1-2H3. The van der Waals surface area contributed by atoms with Crippen LogP contribution in [0.5, 0.6) is 5.88 Å². The van der Waals surface area contributed by atoms with Crippen LogP contribution in [0.25, 0.3) is 4.96 Å². The van der Waals surface area contributed by atoms with Gasteiger partial charge in [0.05, 0.1) is 10.9 Å². The zero-order chi connectivity index (χ0) is 20.0. The summed E-state index contributed by atoms with van der Waals surface area (Å²) < 4.78 is 1.60. The molecule has 2 aromatic heterocycles. The van der Waals surface area contributed by atoms with Crippen molar-refractivity contribution in [2.75, 3.05) is 6.54 Å². The third kappa shape index (κ3) is 3.22. The normalized spacial score (nSPS) is 15.5. The highest BCUT2D eigenvalue weighted by atomic mass is 32.1. The van der Waals surface area contributed by atoms with E-state index in [1.165, 1.54) is 22.3 Å². The van der Waals surface area contributed by atoms with E-state index >= 15 is 0 Å². The van der Waals surface area contributed by atoms with Crippen LogP contribution in [0.1, 0.15) is 45.9 Å². The molecule has 1 unspecified atom stereocenters. The zero-order valence-corrected chi connectivity index (χ0v) is 17.5. The van der Waals surface area contributed by atoms with Gasteiger partial charge < -0.3 is 5.11 Å². The van der Waals surface area contributed by atoms with E-state index in [2.05, 4.69) is 70.4 Å². The highest BCUT2D eigenvalue weighted by Gasteiger charge is 2.31. The lowest BCUT2D eigenvalue weighted by Crippen LogP contribution is -2.34. The van der Waals surface area contributed by atoms with Crippen LogP contribution in [-0.2, 0) is 19.4 Å². The van der Waals surface area contributed by atoms with Gasteiger partial charge in [-0.1, -0.05) is 72.4 Å². The molecule has 0 fully saturated rings. The lowest BCUT2D eigenvalue weighted by atomic mass is 9.95. The number of aryl methyl sites for hydroxylation is 2. The Morgan fingerprint density at radius 2 is 1.97 bits per heavy atom. The molecular formula is C23H24N4OS. The van der Waals surface area contributed by atoms with Gasteiger partial charge in [0.25, 0.3) is 0 Å². The summed E-state index contributed by atoms with van der Waals surface area (Å²) in [6.45, 7) is 5.95. The topological polar surface area (TPSA) is 53.7 Å². The highest BCUT2D eigenvalue weighted by molar-refractivity contribution is 7.17. The molecule has 0 spiro atoms. The van der Waals surface area contributed by atoms with Crippen molar-refractivity contribution in [3.05, 3.63) is 81.5 Å². The van der Waals surface area contributed by atoms with Crippen LogP contribution in [0.3, 0.4) is 0 Å². The number of aromatic hydroxyl groups is 1. The fourth-order valence-corrected chi connectivity index (χ4v) is 5.36. The molecule has 1 aliphatic rings. The Labute approximate surface area is 174 Å². The average molecular weight is 405 g/mol. The molecule has 148 valence electrons. The smallest absolute Gasteiger partial charge is 0.230 e. The maximum absolute atomic E-state index is 11.1. The van der Waals surface area contributed by atoms with Crippen LogP contribution in [0.15, 0.2) is 48.5 Å². The molecule has 29 heavy (non-hydrogen) atoms. The predicted molar refractivity (Wildman–Crippen MR) is 115 cm³/mol. The molecule has 1 N–H and O–H groups in total. The Kier molecular flexibility index (Phi) is 4.60. The summed E-state index contributed by atoms with van der Waals surface area (Å²) in [6, 6.07) is 17.2. The Morgan fingerprint density at radius 3 is 2.72 bits per heavy atom. The van der Waals surface area contributed by atoms with Gasteiger partial charge in [-0.15, -0.1) is 5.10 Å². The lowest BCUT2D eigenvalue weighted by molar-refractivity contribution is 0.205. The van der Waals surface area contributed by atoms with E-state index in [-0.39, 0.29) is 11.9 Å². The molecule has 0 saturated carbocycles. The molecule has 0 amide bonds. The molecule has 1 aliphatic heterocycles. The fraction of sp³-hybridized carbons (Fsp3) is 0.304. The molecule has 4 aromatic rings. The van der Waals surface area contributed by atoms with Crippen molar-refractivity contribution in [2.45, 2.75) is 39.3 Å². The Hall–Kier alpha value is -2.70. The monoisotopic (exact) mass is 404 g/mol. The van der Waals surface area contributed by atoms with Gasteiger partial charge in [-0.05, 0) is 30.0 Å². The summed E-state index contributed by atoms with van der Waals surface area (Å²) in [6.07, 6.45) is 1.77. The van der Waals surface area contributed by atoms with Gasteiger partial charge in [0.15, 0.2) is 5.82 Å². The van der Waals surface area contributed by atoms with Crippen LogP contribution < -0.4 is 0 Å². The number of hydrogen-bond donors (Lipinski definition) is 1. The van der Waals surface area contributed by atoms with Crippen molar-refractivity contribution in [3.8, 4) is 5.88 Å². The summed E-state index contributed by atoms with van der Waals surface area (Å²) in [5, 5.41) is 15.5. The van der Waals surface area contributed by atoms with E-state index in [1.54, 1.807) is 15.9 Å². The maximum atomic E-state index is 11.1. The molecule has 3 heterocycles. The molecule has 6 heteroatoms. The minimum absolute atomic E-state index is 0.0261. The van der Waals surface area contributed by atoms with Crippen molar-refractivity contribution in [3.63, 3.8) is 0 Å². The molecule has 0 radical (unpaired) electrons. The first kappa shape index (κ1) is 18.3. The molecule has 5 nitrogen and oxygen atoms in total. The van der Waals surface area contributed by atoms with Crippen LogP contribution in [-0.4, -0.2) is 31.1 Å². The molecule has 2 aromatic carbocycles. The van der Waals surface area contributed by atoms with E-state index in [9.17, 15) is 5.11 Å². The molecule has 5 rings (SSSR count). The van der Waals surface area contributed by atoms with Gasteiger partial charge >= 0.3 is 0 Å². The van der Waals surface area contributed by atoms with Gasteiger partial charge in [0.2, 0.25) is 10.8 Å². The summed E-state index contributed by atoms with van der Waals surface area (Å²) in [4.78, 5) is 8.70. The third-order valence-corrected chi connectivity index (χ3v) is 6.76. The Morgan fingerprint density at radius 1 is 1.14 bits per heavy atom. The maximum Gasteiger partial charge on any atom is 0.230 e. The van der Waals surface area contributed by atoms with E-state index in [0.29, 0.717) is 0 Å². The third-order valence-electron chi connectivity index (χ3n) is 5.69. The van der Waals surface area contributed by atoms with Crippen molar-refractivity contribution >= 4 is 16.3 Å². The van der Waals surface area contributed by atoms with Crippen LogP contribution in [0.2, 0.25) is 0 Å². The minimum atomic E-state index is -0.0261. The molecule has 1 atom stereocenters. The number of aromatic nitrogens is 3. The first-order chi connectivity index (χ1) is 14.1. The largest absolute Gasteiger partial charge is 0.492 e. The number of fused-ring (bicyclic) bond motifs is 2. The second kappa shape index (κ2) is 7.28. The average Bonchev–Trinajstić information content (AvgIpc) is 3.27. The zero-order valence-electron chi connectivity index (χ0n) is 16.7. The van der Waals surface area contributed by atoms with E-state index in [4.69, 9.17) is 0 Å². The highest BCUT2D eigenvalue weighted by Crippen LogP contribution is 2.41. The molecule has 0 aliphatic carbocycles. The number of rotatable bonds is 4. The predicted octanol–water partition coefficient (Wildman–Crippen LogP) is 4.51. The summed E-state index contributed by atoms with van der Waals surface area (Å²) >= 11 is 1.54. The van der Waals surface area contributed by atoms with E-state index in [0.717, 1.165) is 41.6 Å². The van der Waals surface area contributed by atoms with E-state index in [1.807, 2.05) is 6.92 Å². The first-order valence-electron chi connectivity index (χ1n) is 10.1. The lowest BCUT2D eigenvalue weighted by Gasteiger charge is -2.35. The SMILES string of the molecule is CCc1nc2sc(C(c3cccc(C)c3)N3CCc4ccccc4C3)c(O)n2n1.